The van der Waals surface area contributed by atoms with E-state index in [1.54, 1.807) is 33.4 Å². The Morgan fingerprint density at radius 2 is 1.12 bits per heavy atom. The van der Waals surface area contributed by atoms with Crippen LogP contribution in [-0.2, 0) is 21.3 Å². The molecule has 4 atom stereocenters. The van der Waals surface area contributed by atoms with E-state index in [1.165, 1.54) is 38.5 Å². The summed E-state index contributed by atoms with van der Waals surface area (Å²) >= 11 is -2.06. The summed E-state index contributed by atoms with van der Waals surface area (Å²) in [4.78, 5) is 0. The monoisotopic (exact) mass is 570 g/mol. The normalized spacial score (nSPS) is 21.8. The molecule has 0 nitrogen and oxygen atoms in total. The van der Waals surface area contributed by atoms with E-state index in [0.717, 1.165) is 0 Å². The molecule has 34 heavy (non-hydrogen) atoms. The van der Waals surface area contributed by atoms with E-state index in [0.29, 0.717) is 19.1 Å². The van der Waals surface area contributed by atoms with Crippen LogP contribution in [0.25, 0.3) is 11.1 Å². The van der Waals surface area contributed by atoms with Crippen LogP contribution >= 0.6 is 0 Å². The summed E-state index contributed by atoms with van der Waals surface area (Å²) < 4.78 is 3.43. The molecule has 0 saturated heterocycles. The standard InChI is InChI=1S/2C13H15.C5H8.2ClH.Zr/c2*1-3-10(2)12-9-8-11-6-4-5-7-13(11)12;1-2-4-5-3-1;;;/h2*4-10H,3H2,1-2H3;1-4H2;2*1H;/q;;;;;+2/p-2. The van der Waals surface area contributed by atoms with Crippen LogP contribution in [0.4, 0.5) is 0 Å². The van der Waals surface area contributed by atoms with Crippen LogP contribution in [0.2, 0.25) is 0 Å². The molecule has 1 saturated carbocycles. The van der Waals surface area contributed by atoms with E-state index in [4.69, 9.17) is 0 Å². The molecule has 0 bridgehead atoms. The van der Waals surface area contributed by atoms with Crippen molar-refractivity contribution in [2.24, 2.45) is 11.8 Å². The van der Waals surface area contributed by atoms with Gasteiger partial charge in [-0.05, 0) is 0 Å². The van der Waals surface area contributed by atoms with Crippen LogP contribution in [0.15, 0.2) is 60.7 Å². The molecule has 2 aromatic carbocycles. The molecule has 4 unspecified atom stereocenters. The summed E-state index contributed by atoms with van der Waals surface area (Å²) in [6, 6.07) is 18.9. The maximum Gasteiger partial charge on any atom is -1.00 e. The Hall–Kier alpha value is -0.747. The second kappa shape index (κ2) is 12.0. The third-order valence-corrected chi connectivity index (χ3v) is 17.4. The van der Waals surface area contributed by atoms with Gasteiger partial charge in [-0.15, -0.1) is 0 Å². The second-order valence-electron chi connectivity index (χ2n) is 10.3. The summed E-state index contributed by atoms with van der Waals surface area (Å²) in [5.41, 5.74) is 9.75. The van der Waals surface area contributed by atoms with E-state index in [2.05, 4.69) is 88.4 Å². The third kappa shape index (κ3) is 4.92. The van der Waals surface area contributed by atoms with Crippen molar-refractivity contribution in [3.05, 3.63) is 82.9 Å². The van der Waals surface area contributed by atoms with E-state index in [-0.39, 0.29) is 24.8 Å². The summed E-state index contributed by atoms with van der Waals surface area (Å²) in [5, 5.41) is 0. The van der Waals surface area contributed by atoms with Crippen molar-refractivity contribution in [2.45, 2.75) is 73.5 Å². The number of hydrogen-bond donors (Lipinski definition) is 0. The average molecular weight is 573 g/mol. The Kier molecular flexibility index (Phi) is 9.82. The molecule has 3 aliphatic rings. The Balaban J connectivity index is 0.00000162. The summed E-state index contributed by atoms with van der Waals surface area (Å²) in [6.45, 7) is 9.56. The average Bonchev–Trinajstić information content (AvgIpc) is 3.57. The maximum atomic E-state index is 2.77. The molecule has 2 aromatic rings. The van der Waals surface area contributed by atoms with Crippen LogP contribution in [0, 0.1) is 11.8 Å². The Labute approximate surface area is 227 Å². The van der Waals surface area contributed by atoms with Crippen molar-refractivity contribution in [3.63, 3.8) is 0 Å². The largest absolute Gasteiger partial charge is 1.00 e. The van der Waals surface area contributed by atoms with Gasteiger partial charge < -0.3 is 24.8 Å². The number of rotatable bonds is 6. The van der Waals surface area contributed by atoms with Crippen molar-refractivity contribution in [2.75, 3.05) is 0 Å². The first-order valence-corrected chi connectivity index (χ1v) is 17.0. The fourth-order valence-electron chi connectivity index (χ4n) is 6.32. The molecule has 0 aromatic heterocycles. The first-order chi connectivity index (χ1) is 15.6. The van der Waals surface area contributed by atoms with Gasteiger partial charge in [-0.1, -0.05) is 0 Å². The number of benzene rings is 2. The molecule has 180 valence electrons. The van der Waals surface area contributed by atoms with Crippen molar-refractivity contribution in [1.29, 1.82) is 0 Å². The zero-order chi connectivity index (χ0) is 22.2. The topological polar surface area (TPSA) is 0 Å². The minimum Gasteiger partial charge on any atom is -1.00 e. The van der Waals surface area contributed by atoms with Gasteiger partial charge in [-0.25, -0.2) is 0 Å². The number of allylic oxidation sites excluding steroid dienone is 4. The van der Waals surface area contributed by atoms with Gasteiger partial charge in [0.25, 0.3) is 0 Å². The van der Waals surface area contributed by atoms with Crippen molar-refractivity contribution in [3.8, 4) is 0 Å². The van der Waals surface area contributed by atoms with Gasteiger partial charge in [0.1, 0.15) is 0 Å². The van der Waals surface area contributed by atoms with E-state index in [9.17, 15) is 0 Å². The minimum absolute atomic E-state index is 0. The fraction of sp³-hybridized carbons (Fsp3) is 0.452. The fourth-order valence-corrected chi connectivity index (χ4v) is 16.4. The number of fused-ring (bicyclic) bond motifs is 2. The van der Waals surface area contributed by atoms with E-state index in [1.807, 2.05) is 3.21 Å². The summed E-state index contributed by atoms with van der Waals surface area (Å²) in [5.74, 6) is 1.31. The molecule has 0 spiro atoms. The Morgan fingerprint density at radius 3 is 1.53 bits per heavy atom. The van der Waals surface area contributed by atoms with Gasteiger partial charge in [0.05, 0.1) is 0 Å². The molecular weight excluding hydrogens is 534 g/mol. The van der Waals surface area contributed by atoms with Crippen LogP contribution in [0.5, 0.6) is 0 Å². The van der Waals surface area contributed by atoms with Crippen LogP contribution < -0.4 is 24.8 Å². The van der Waals surface area contributed by atoms with Gasteiger partial charge in [-0.2, -0.15) is 0 Å². The van der Waals surface area contributed by atoms with Gasteiger partial charge in [-0.3, -0.25) is 0 Å². The maximum absolute atomic E-state index is 2.77. The van der Waals surface area contributed by atoms with Gasteiger partial charge >= 0.3 is 204 Å². The first kappa shape index (κ1) is 27.8. The van der Waals surface area contributed by atoms with Gasteiger partial charge in [0.2, 0.25) is 0 Å². The summed E-state index contributed by atoms with van der Waals surface area (Å²) in [7, 11) is 0. The SMILES string of the molecule is CCC(C)C1=C[CH]([Zr+2](=[C]2CCCC2)[CH]2C=C(C(C)CC)c3ccccc32)c2ccccc21.[Cl-].[Cl-]. The zero-order valence-electron chi connectivity index (χ0n) is 21.1. The van der Waals surface area contributed by atoms with Crippen LogP contribution in [-0.4, -0.2) is 3.21 Å². The number of halogens is 2. The summed E-state index contributed by atoms with van der Waals surface area (Å²) in [6.07, 6.45) is 13.7. The quantitative estimate of drug-likeness (QED) is 0.500. The van der Waals surface area contributed by atoms with Crippen molar-refractivity contribution >= 4 is 14.4 Å². The molecule has 0 N–H and O–H groups in total. The first-order valence-electron chi connectivity index (χ1n) is 13.0. The molecule has 3 aliphatic carbocycles. The van der Waals surface area contributed by atoms with Crippen LogP contribution in [0.3, 0.4) is 0 Å². The molecule has 0 heterocycles. The van der Waals surface area contributed by atoms with Crippen LogP contribution in [0.1, 0.15) is 95.7 Å². The third-order valence-electron chi connectivity index (χ3n) is 8.48. The molecule has 5 rings (SSSR count). The smallest absolute Gasteiger partial charge is 1.00 e. The minimum atomic E-state index is -2.06. The molecule has 0 radical (unpaired) electrons. The van der Waals surface area contributed by atoms with Gasteiger partial charge in [0.15, 0.2) is 0 Å². The van der Waals surface area contributed by atoms with Crippen molar-refractivity contribution in [1.82, 2.24) is 0 Å². The predicted octanol–water partition coefficient (Wildman–Crippen LogP) is 2.73. The molecule has 3 heteroatoms. The second-order valence-corrected chi connectivity index (χ2v) is 17.3. The molecule has 1 fully saturated rings. The zero-order valence-corrected chi connectivity index (χ0v) is 25.1. The van der Waals surface area contributed by atoms with Crippen molar-refractivity contribution < 1.29 is 46.1 Å². The number of hydrogen-bond acceptors (Lipinski definition) is 0. The molecule has 0 aliphatic heterocycles. The van der Waals surface area contributed by atoms with E-state index < -0.39 is 21.3 Å². The Morgan fingerprint density at radius 1 is 0.706 bits per heavy atom. The molecular formula is C31H38Cl2Zr. The van der Waals surface area contributed by atoms with E-state index >= 15 is 0 Å². The van der Waals surface area contributed by atoms with Gasteiger partial charge in [0, 0.05) is 0 Å². The Bertz CT molecular complexity index is 1020. The molecule has 0 amide bonds. The predicted molar refractivity (Wildman–Crippen MR) is 137 cm³/mol.